The SMILES string of the molecule is C[O][Cr](=[O])(=[O])[O][Cr](=[O])(=[O])[O-].[Na+]. The Hall–Kier alpha value is 1.14. The van der Waals surface area contributed by atoms with Crippen LogP contribution in [0.1, 0.15) is 0 Å². The third-order valence-electron chi connectivity index (χ3n) is 0.371. The minimum Gasteiger partial charge on any atom is 1.00 e. The average Bonchev–Trinajstić information content (AvgIpc) is 1.60. The van der Waals surface area contributed by atoms with Gasteiger partial charge in [-0.05, 0) is 0 Å². The Balaban J connectivity index is 0. The molecule has 0 aliphatic carbocycles. The van der Waals surface area contributed by atoms with E-state index in [2.05, 4.69) is 6.63 Å². The van der Waals surface area contributed by atoms with Gasteiger partial charge in [0.2, 0.25) is 0 Å². The number of hydrogen-bond acceptors (Lipinski definition) is 7. The first-order valence-corrected chi connectivity index (χ1v) is 5.91. The van der Waals surface area contributed by atoms with Gasteiger partial charge in [0.05, 0.1) is 0 Å². The fourth-order valence-electron chi connectivity index (χ4n) is 0.130. The van der Waals surface area contributed by atoms with Crippen molar-refractivity contribution >= 4 is 0 Å². The van der Waals surface area contributed by atoms with Gasteiger partial charge in [0.1, 0.15) is 0 Å². The Kier molecular flexibility index (Phi) is 6.66. The predicted molar refractivity (Wildman–Crippen MR) is 10.8 cm³/mol. The molecule has 10 heteroatoms. The van der Waals surface area contributed by atoms with Crippen LogP contribution in [0, 0.1) is 0 Å². The van der Waals surface area contributed by atoms with Crippen LogP contribution >= 0.6 is 0 Å². The van der Waals surface area contributed by atoms with Gasteiger partial charge >= 0.3 is 89.9 Å². The molecule has 0 aliphatic rings. The van der Waals surface area contributed by atoms with Crippen molar-refractivity contribution in [3.05, 3.63) is 0 Å². The summed E-state index contributed by atoms with van der Waals surface area (Å²) in [5.41, 5.74) is 0. The molecule has 0 amide bonds. The van der Waals surface area contributed by atoms with E-state index in [1.165, 1.54) is 0 Å². The van der Waals surface area contributed by atoms with Gasteiger partial charge in [0, 0.05) is 0 Å². The number of hydrogen-bond donors (Lipinski definition) is 0. The number of rotatable bonds is 3. The summed E-state index contributed by atoms with van der Waals surface area (Å²) in [4.78, 5) is 0. The normalized spacial score (nSPS) is 12.2. The molecule has 0 unspecified atom stereocenters. The fraction of sp³-hybridized carbons (Fsp3) is 1.00. The second-order valence-electron chi connectivity index (χ2n) is 1.05. The van der Waals surface area contributed by atoms with Crippen LogP contribution in [0.5, 0.6) is 0 Å². The summed E-state index contributed by atoms with van der Waals surface area (Å²) < 4.78 is 55.8. The molecule has 0 radical (unpaired) electrons. The van der Waals surface area contributed by atoms with E-state index in [0.717, 1.165) is 0 Å². The molecule has 0 atom stereocenters. The molecule has 0 bridgehead atoms. The van der Waals surface area contributed by atoms with Gasteiger partial charge in [-0.1, -0.05) is 0 Å². The first kappa shape index (κ1) is 14.7. The van der Waals surface area contributed by atoms with Crippen LogP contribution < -0.4 is 33.7 Å². The first-order valence-electron chi connectivity index (χ1n) is 1.74. The minimum atomic E-state index is -5.91. The van der Waals surface area contributed by atoms with Crippen LogP contribution in [0.3, 0.4) is 0 Å². The fourth-order valence-corrected chi connectivity index (χ4v) is 2.21. The minimum absolute atomic E-state index is 0. The predicted octanol–water partition coefficient (Wildman–Crippen LogP) is -4.64. The third-order valence-corrected chi connectivity index (χ3v) is 3.67. The van der Waals surface area contributed by atoms with E-state index in [9.17, 15) is 19.4 Å². The molecule has 0 aromatic carbocycles. The van der Waals surface area contributed by atoms with Gasteiger partial charge in [-0.25, -0.2) is 0 Å². The zero-order valence-electron chi connectivity index (χ0n) is 5.67. The zero-order chi connectivity index (χ0) is 8.41. The first-order chi connectivity index (χ1) is 4.27. The molecule has 0 saturated carbocycles. The van der Waals surface area contributed by atoms with Crippen molar-refractivity contribution in [2.75, 3.05) is 7.11 Å². The standard InChI is InChI=1S/CH3O.2Cr.Na.6O/c1-2;;;;;;;;;/h1H3;;;;;;;;;/q-1;;2*+1;;;;;;-1. The molecule has 7 nitrogen and oxygen atoms in total. The van der Waals surface area contributed by atoms with Gasteiger partial charge in [-0.15, -0.1) is 0 Å². The van der Waals surface area contributed by atoms with Crippen LogP contribution in [-0.2, 0) is 49.1 Å². The summed E-state index contributed by atoms with van der Waals surface area (Å²) in [6.45, 7) is 0. The molecule has 62 valence electrons. The van der Waals surface area contributed by atoms with Gasteiger partial charge < -0.3 is 0 Å². The van der Waals surface area contributed by atoms with E-state index >= 15 is 0 Å². The third kappa shape index (κ3) is 9.06. The quantitative estimate of drug-likeness (QED) is 0.466. The Morgan fingerprint density at radius 3 is 1.64 bits per heavy atom. The second-order valence-corrected chi connectivity index (χ2v) is 5.21. The molecule has 11 heavy (non-hydrogen) atoms. The Labute approximate surface area is 89.1 Å². The van der Waals surface area contributed by atoms with Crippen molar-refractivity contribution in [2.24, 2.45) is 0 Å². The van der Waals surface area contributed by atoms with E-state index in [4.69, 9.17) is 0 Å². The maximum atomic E-state index is 10.1. The van der Waals surface area contributed by atoms with Gasteiger partial charge in [0.25, 0.3) is 0 Å². The topological polar surface area (TPSA) is 110 Å². The van der Waals surface area contributed by atoms with Crippen molar-refractivity contribution in [1.82, 2.24) is 0 Å². The van der Waals surface area contributed by atoms with Crippen LogP contribution in [0.4, 0.5) is 0 Å². The molecule has 0 saturated heterocycles. The second kappa shape index (κ2) is 5.00. The molecule has 0 N–H and O–H groups in total. The molecular formula is CH3Cr2NaO7. The molecule has 0 aromatic heterocycles. The molecule has 0 heterocycles. The largest absolute Gasteiger partial charge is 1.00 e. The van der Waals surface area contributed by atoms with E-state index in [-0.39, 0.29) is 29.6 Å². The van der Waals surface area contributed by atoms with Crippen LogP contribution in [-0.4, -0.2) is 7.11 Å². The maximum Gasteiger partial charge on any atom is 1.00 e. The summed E-state index contributed by atoms with van der Waals surface area (Å²) in [6.07, 6.45) is 0. The smallest absolute Gasteiger partial charge is 1.00 e. The van der Waals surface area contributed by atoms with E-state index < -0.39 is 27.2 Å². The summed E-state index contributed by atoms with van der Waals surface area (Å²) >= 11 is -11.3. The molecule has 0 aliphatic heterocycles. The zero-order valence-corrected chi connectivity index (χ0v) is 10.2. The van der Waals surface area contributed by atoms with Crippen molar-refractivity contribution in [3.63, 3.8) is 0 Å². The molecule has 0 spiro atoms. The Morgan fingerprint density at radius 1 is 1.18 bits per heavy atom. The van der Waals surface area contributed by atoms with Crippen LogP contribution in [0.25, 0.3) is 0 Å². The van der Waals surface area contributed by atoms with Gasteiger partial charge in [0.15, 0.2) is 0 Å². The van der Waals surface area contributed by atoms with Gasteiger partial charge in [-0.2, -0.15) is 0 Å². The van der Waals surface area contributed by atoms with Crippen molar-refractivity contribution in [1.29, 1.82) is 0 Å². The van der Waals surface area contributed by atoms with Crippen molar-refractivity contribution in [2.45, 2.75) is 0 Å². The summed E-state index contributed by atoms with van der Waals surface area (Å²) in [6, 6.07) is 0. The molecule has 0 fully saturated rings. The average molecular weight is 254 g/mol. The molecule has 0 aromatic rings. The Bertz CT molecular complexity index is 284. The monoisotopic (exact) mass is 254 g/mol. The van der Waals surface area contributed by atoms with E-state index in [0.29, 0.717) is 7.11 Å². The van der Waals surface area contributed by atoms with E-state index in [1.807, 2.05) is 0 Å². The summed E-state index contributed by atoms with van der Waals surface area (Å²) in [5.74, 6) is 0. The van der Waals surface area contributed by atoms with Crippen LogP contribution in [0.2, 0.25) is 0 Å². The summed E-state index contributed by atoms with van der Waals surface area (Å²) in [7, 11) is 0.697. The van der Waals surface area contributed by atoms with Crippen molar-refractivity contribution in [3.8, 4) is 0 Å². The van der Waals surface area contributed by atoms with E-state index in [1.54, 1.807) is 0 Å². The van der Waals surface area contributed by atoms with Crippen molar-refractivity contribution < 1.29 is 82.8 Å². The van der Waals surface area contributed by atoms with Gasteiger partial charge in [-0.3, -0.25) is 0 Å². The maximum absolute atomic E-state index is 10.1. The molecular weight excluding hydrogens is 251 g/mol. The Morgan fingerprint density at radius 2 is 1.55 bits per heavy atom. The van der Waals surface area contributed by atoms with Crippen LogP contribution in [0.15, 0.2) is 0 Å². The molecule has 0 rings (SSSR count). The summed E-state index contributed by atoms with van der Waals surface area (Å²) in [5, 5.41) is 0.